The number of halogens is 1. The molecule has 0 atom stereocenters. The number of methoxy groups -OCH3 is 2. The molecule has 7 nitrogen and oxygen atoms in total. The van der Waals surface area contributed by atoms with Crippen LogP contribution in [-0.2, 0) is 0 Å². The first kappa shape index (κ1) is 21.9. The lowest BCUT2D eigenvalue weighted by Crippen LogP contribution is -2.38. The maximum Gasteiger partial charge on any atom is 0.211 e. The zero-order valence-corrected chi connectivity index (χ0v) is 19.1. The Morgan fingerprint density at radius 3 is 2.44 bits per heavy atom. The molecule has 8 heteroatoms. The third-order valence-corrected chi connectivity index (χ3v) is 6.33. The van der Waals surface area contributed by atoms with E-state index in [4.69, 9.17) is 14.5 Å². The number of ketones is 1. The topological polar surface area (TPSA) is 69.0 Å². The van der Waals surface area contributed by atoms with Crippen LogP contribution >= 0.6 is 0 Å². The Morgan fingerprint density at radius 1 is 1.00 bits per heavy atom. The first-order valence-corrected chi connectivity index (χ1v) is 11.2. The maximum atomic E-state index is 13.2. The van der Waals surface area contributed by atoms with Gasteiger partial charge in [0.25, 0.3) is 0 Å². The first-order valence-electron chi connectivity index (χ1n) is 11.2. The zero-order valence-electron chi connectivity index (χ0n) is 19.1. The van der Waals surface area contributed by atoms with Gasteiger partial charge < -0.3 is 14.4 Å². The van der Waals surface area contributed by atoms with Crippen molar-refractivity contribution < 1.29 is 18.7 Å². The molecule has 0 bridgehead atoms. The second-order valence-corrected chi connectivity index (χ2v) is 8.30. The van der Waals surface area contributed by atoms with Gasteiger partial charge in [-0.1, -0.05) is 0 Å². The molecule has 34 heavy (non-hydrogen) atoms. The Kier molecular flexibility index (Phi) is 5.88. The fraction of sp³-hybridized carbons (Fsp3) is 0.269. The summed E-state index contributed by atoms with van der Waals surface area (Å²) >= 11 is 0. The largest absolute Gasteiger partial charge is 0.493 e. The van der Waals surface area contributed by atoms with Gasteiger partial charge in [-0.25, -0.2) is 14.4 Å². The number of carbonyl (C=O) groups is 1. The van der Waals surface area contributed by atoms with Gasteiger partial charge in [0.2, 0.25) is 5.95 Å². The van der Waals surface area contributed by atoms with E-state index in [0.29, 0.717) is 43.0 Å². The van der Waals surface area contributed by atoms with Gasteiger partial charge in [-0.3, -0.25) is 9.20 Å². The number of rotatable bonds is 6. The predicted molar refractivity (Wildman–Crippen MR) is 127 cm³/mol. The van der Waals surface area contributed by atoms with Crippen LogP contribution in [0.5, 0.6) is 11.5 Å². The van der Waals surface area contributed by atoms with Crippen molar-refractivity contribution in [2.24, 2.45) is 5.92 Å². The molecule has 0 N–H and O–H groups in total. The number of carbonyl (C=O) groups excluding carboxylic acids is 1. The van der Waals surface area contributed by atoms with Crippen molar-refractivity contribution >= 4 is 17.4 Å². The molecule has 1 saturated heterocycles. The van der Waals surface area contributed by atoms with Crippen molar-refractivity contribution in [3.63, 3.8) is 0 Å². The van der Waals surface area contributed by atoms with E-state index in [9.17, 15) is 9.18 Å². The molecular formula is C26H25FN4O3. The summed E-state index contributed by atoms with van der Waals surface area (Å²) in [7, 11) is 3.21. The van der Waals surface area contributed by atoms with Crippen LogP contribution in [0.1, 0.15) is 23.2 Å². The number of aromatic nitrogens is 3. The number of imidazole rings is 1. The fourth-order valence-corrected chi connectivity index (χ4v) is 4.47. The third kappa shape index (κ3) is 4.07. The van der Waals surface area contributed by atoms with Gasteiger partial charge in [0.15, 0.2) is 17.3 Å². The van der Waals surface area contributed by atoms with Gasteiger partial charge in [0.05, 0.1) is 19.9 Å². The van der Waals surface area contributed by atoms with Gasteiger partial charge in [-0.15, -0.1) is 0 Å². The van der Waals surface area contributed by atoms with Crippen LogP contribution in [0.25, 0.3) is 16.9 Å². The summed E-state index contributed by atoms with van der Waals surface area (Å²) in [6, 6.07) is 13.4. The number of nitrogens with zero attached hydrogens (tertiary/aromatic N) is 4. The van der Waals surface area contributed by atoms with E-state index >= 15 is 0 Å². The van der Waals surface area contributed by atoms with E-state index in [2.05, 4.69) is 9.88 Å². The lowest BCUT2D eigenvalue weighted by atomic mass is 9.89. The van der Waals surface area contributed by atoms with E-state index in [1.807, 2.05) is 34.9 Å². The summed E-state index contributed by atoms with van der Waals surface area (Å²) < 4.78 is 26.0. The van der Waals surface area contributed by atoms with Crippen LogP contribution in [0.3, 0.4) is 0 Å². The lowest BCUT2D eigenvalue weighted by molar-refractivity contribution is 0.0900. The Bertz CT molecular complexity index is 1330. The number of ether oxygens (including phenoxy) is 2. The summed E-state index contributed by atoms with van der Waals surface area (Å²) in [6.07, 6.45) is 5.05. The average Bonchev–Trinajstić information content (AvgIpc) is 3.37. The number of hydrogen-bond acceptors (Lipinski definition) is 6. The molecule has 0 saturated carbocycles. The van der Waals surface area contributed by atoms with Crippen molar-refractivity contribution in [1.82, 2.24) is 14.4 Å². The Morgan fingerprint density at radius 2 is 1.74 bits per heavy atom. The molecule has 1 fully saturated rings. The number of Topliss-reactive ketones (excluding diaryl/α,β-unsaturated/α-hetero) is 1. The molecule has 0 radical (unpaired) electrons. The van der Waals surface area contributed by atoms with E-state index < -0.39 is 0 Å². The molecule has 3 heterocycles. The van der Waals surface area contributed by atoms with Gasteiger partial charge in [0, 0.05) is 48.6 Å². The summed E-state index contributed by atoms with van der Waals surface area (Å²) in [5.74, 6) is 1.71. The van der Waals surface area contributed by atoms with Crippen LogP contribution in [0.4, 0.5) is 10.3 Å². The van der Waals surface area contributed by atoms with E-state index in [1.165, 1.54) is 12.1 Å². The van der Waals surface area contributed by atoms with Gasteiger partial charge in [-0.2, -0.15) is 0 Å². The minimum atomic E-state index is -0.337. The van der Waals surface area contributed by atoms with Crippen LogP contribution in [0, 0.1) is 11.7 Å². The Balaban J connectivity index is 1.41. The molecule has 0 unspecified atom stereocenters. The van der Waals surface area contributed by atoms with E-state index in [0.717, 1.165) is 22.9 Å². The lowest BCUT2D eigenvalue weighted by Gasteiger charge is -2.32. The Labute approximate surface area is 196 Å². The number of fused-ring (bicyclic) bond motifs is 1. The number of piperidine rings is 1. The van der Waals surface area contributed by atoms with Crippen LogP contribution in [0.15, 0.2) is 60.9 Å². The molecule has 1 aliphatic rings. The highest BCUT2D eigenvalue weighted by Crippen LogP contribution is 2.33. The minimum absolute atomic E-state index is 0.0689. The van der Waals surface area contributed by atoms with Crippen molar-refractivity contribution in [1.29, 1.82) is 0 Å². The monoisotopic (exact) mass is 460 g/mol. The first-order chi connectivity index (χ1) is 16.6. The van der Waals surface area contributed by atoms with Crippen molar-refractivity contribution in [3.8, 4) is 22.8 Å². The maximum absolute atomic E-state index is 13.2. The number of benzene rings is 2. The summed E-state index contributed by atoms with van der Waals surface area (Å²) in [6.45, 7) is 1.38. The van der Waals surface area contributed by atoms with Gasteiger partial charge >= 0.3 is 0 Å². The second-order valence-electron chi connectivity index (χ2n) is 8.30. The SMILES string of the molecule is COc1ccc(-c2cc3nccn3c(N3CCC(C(=O)c4ccc(F)cc4)CC3)n2)cc1OC. The van der Waals surface area contributed by atoms with Crippen LogP contribution < -0.4 is 14.4 Å². The van der Waals surface area contributed by atoms with Crippen LogP contribution in [-0.4, -0.2) is 47.5 Å². The smallest absolute Gasteiger partial charge is 0.211 e. The highest BCUT2D eigenvalue weighted by Gasteiger charge is 2.28. The molecule has 174 valence electrons. The van der Waals surface area contributed by atoms with E-state index in [1.54, 1.807) is 32.5 Å². The minimum Gasteiger partial charge on any atom is -0.493 e. The highest BCUT2D eigenvalue weighted by molar-refractivity contribution is 5.98. The predicted octanol–water partition coefficient (Wildman–Crippen LogP) is 4.65. The molecule has 5 rings (SSSR count). The fourth-order valence-electron chi connectivity index (χ4n) is 4.47. The van der Waals surface area contributed by atoms with E-state index in [-0.39, 0.29) is 17.5 Å². The molecule has 4 aromatic rings. The quantitative estimate of drug-likeness (QED) is 0.390. The zero-order chi connectivity index (χ0) is 23.7. The second kappa shape index (κ2) is 9.13. The molecular weight excluding hydrogens is 435 g/mol. The number of anilines is 1. The normalized spacial score (nSPS) is 14.4. The van der Waals surface area contributed by atoms with Crippen molar-refractivity contribution in [2.75, 3.05) is 32.2 Å². The van der Waals surface area contributed by atoms with Crippen molar-refractivity contribution in [2.45, 2.75) is 12.8 Å². The molecule has 0 spiro atoms. The molecule has 2 aromatic carbocycles. The highest BCUT2D eigenvalue weighted by atomic mass is 19.1. The Hall–Kier alpha value is -3.94. The standard InChI is InChI=1S/C26H25FN4O3/c1-33-22-8-5-19(15-23(22)34-2)21-16-24-28-11-14-31(24)26(29-21)30-12-9-18(10-13-30)25(32)17-3-6-20(27)7-4-17/h3-8,11,14-16,18H,9-10,12-13H2,1-2H3. The molecule has 0 aliphatic carbocycles. The number of hydrogen-bond donors (Lipinski definition) is 0. The van der Waals surface area contributed by atoms with Crippen LogP contribution in [0.2, 0.25) is 0 Å². The summed E-state index contributed by atoms with van der Waals surface area (Å²) in [4.78, 5) is 24.5. The summed E-state index contributed by atoms with van der Waals surface area (Å²) in [5, 5.41) is 0. The van der Waals surface area contributed by atoms with Crippen molar-refractivity contribution in [3.05, 3.63) is 72.3 Å². The third-order valence-electron chi connectivity index (χ3n) is 6.33. The molecule has 2 aromatic heterocycles. The average molecular weight is 461 g/mol. The van der Waals surface area contributed by atoms with Gasteiger partial charge in [-0.05, 0) is 55.3 Å². The molecule has 1 aliphatic heterocycles. The van der Waals surface area contributed by atoms with Gasteiger partial charge in [0.1, 0.15) is 11.5 Å². The summed E-state index contributed by atoms with van der Waals surface area (Å²) in [5.41, 5.74) is 3.02. The molecule has 0 amide bonds.